The molecule has 33 heteroatoms. The Bertz CT molecular complexity index is 3370. The quantitative estimate of drug-likeness (QED) is 0.00546. The number of piperidine rings is 3. The summed E-state index contributed by atoms with van der Waals surface area (Å²) in [7, 11) is 9.11. The van der Waals surface area contributed by atoms with Gasteiger partial charge in [0.05, 0.1) is 30.3 Å². The number of ketones is 1. The average molecular weight is 1590 g/mol. The minimum Gasteiger partial charge on any atom is -0.480 e. The van der Waals surface area contributed by atoms with E-state index in [1.807, 2.05) is 102 Å². The number of aliphatic hydroxyl groups is 1. The number of Topliss-reactive ketones (excluding diaryl/α,β-unsaturated/α-hetero) is 1. The fraction of sp³-hybridized carbons (Fsp3) is 0.724. The van der Waals surface area contributed by atoms with Crippen LogP contribution in [0.25, 0.3) is 10.4 Å². The van der Waals surface area contributed by atoms with Gasteiger partial charge in [-0.3, -0.25) is 43.5 Å². The topological polar surface area (TPSA) is 331 Å². The van der Waals surface area contributed by atoms with Crippen LogP contribution in [0.4, 0.5) is 22.0 Å². The number of methoxy groups -OCH3 is 2. The molecule has 3 aliphatic heterocycles. The Morgan fingerprint density at radius 3 is 1.33 bits per heavy atom. The highest BCUT2D eigenvalue weighted by Crippen LogP contribution is 2.36. The summed E-state index contributed by atoms with van der Waals surface area (Å²) in [5.41, 5.74) is 9.58. The molecular formula is C76H121F5N10O16S2. The third kappa shape index (κ3) is 30.7. The highest BCUT2D eigenvalue weighted by atomic mass is 32.1. The molecule has 2 aromatic heterocycles. The number of likely N-dealkylation sites (tertiary alicyclic amines) is 3. The molecular weight excluding hydrogens is 1470 g/mol. The number of amides is 2. The highest BCUT2D eigenvalue weighted by Gasteiger charge is 2.41. The number of rotatable bonds is 33. The van der Waals surface area contributed by atoms with Crippen molar-refractivity contribution in [2.75, 3.05) is 75.6 Å². The Morgan fingerprint density at radius 1 is 0.596 bits per heavy atom. The minimum absolute atomic E-state index is 0. The van der Waals surface area contributed by atoms with Crippen molar-refractivity contribution < 1.29 is 99.0 Å². The molecule has 6 rings (SSSR count). The maximum Gasteiger partial charge on any atom is 0.357 e. The Kier molecular flexibility index (Phi) is 46.9. The van der Waals surface area contributed by atoms with E-state index in [2.05, 4.69) is 29.6 Å². The van der Waals surface area contributed by atoms with Crippen LogP contribution in [0.15, 0.2) is 15.9 Å². The second-order valence-corrected chi connectivity index (χ2v) is 30.0. The molecule has 1 aromatic carbocycles. The summed E-state index contributed by atoms with van der Waals surface area (Å²) >= 11 is 2.74. The second-order valence-electron chi connectivity index (χ2n) is 28.3. The fourth-order valence-corrected chi connectivity index (χ4v) is 14.4. The number of carbonyl (C=O) groups is 9. The summed E-state index contributed by atoms with van der Waals surface area (Å²) in [4.78, 5) is 133. The summed E-state index contributed by atoms with van der Waals surface area (Å²) in [6.07, 6.45) is 12.4. The van der Waals surface area contributed by atoms with Crippen molar-refractivity contribution in [1.82, 2.24) is 34.5 Å². The number of carboxylic acids is 1. The number of ether oxygens (including phenoxy) is 5. The fourth-order valence-electron chi connectivity index (χ4n) is 12.7. The number of aliphatic hydroxyl groups excluding tert-OH is 1. The van der Waals surface area contributed by atoms with Crippen LogP contribution in [0.3, 0.4) is 0 Å². The Labute approximate surface area is 648 Å². The number of aliphatic carboxylic acids is 1. The smallest absolute Gasteiger partial charge is 0.357 e. The van der Waals surface area contributed by atoms with Gasteiger partial charge in [-0.2, -0.15) is 8.78 Å². The molecule has 3 aliphatic rings. The molecule has 26 nitrogen and oxygen atoms in total. The van der Waals surface area contributed by atoms with E-state index in [4.69, 9.17) is 34.7 Å². The number of halogens is 5. The SMILES string of the molecule is C.CCCC(=O)OCN(C(=O)C(N=[N+]=[N-])[C@@H](C)CC)[C@H](C[C@@H](C)c1nc(C(=O)OC)cs1)C(C)C.CCCC(=O)OCN(C(=O)[C@@H](CC(=O)C1CCCCN1C)[C@@H](C)CC)[C@H](C[C@@H](C)c1nc(C(=O)OC)cs1)C(C)C.CN1CCCCC1C(=O)O.CN1CCCCC1C(=O)Oc1c(F)c(F)c(F)c(F)c1F.CO. The molecule has 0 bridgehead atoms. The first-order valence-corrected chi connectivity index (χ1v) is 38.9. The lowest BCUT2D eigenvalue weighted by molar-refractivity contribution is -0.161. The van der Waals surface area contributed by atoms with E-state index >= 15 is 0 Å². The van der Waals surface area contributed by atoms with E-state index in [9.17, 15) is 65.1 Å². The van der Waals surface area contributed by atoms with Crippen molar-refractivity contribution in [1.29, 1.82) is 0 Å². The van der Waals surface area contributed by atoms with E-state index in [0.29, 0.717) is 51.5 Å². The molecule has 3 saturated heterocycles. The third-order valence-corrected chi connectivity index (χ3v) is 21.9. The molecule has 3 aromatic rings. The van der Waals surface area contributed by atoms with E-state index in [1.54, 1.807) is 27.6 Å². The van der Waals surface area contributed by atoms with Gasteiger partial charge in [0.1, 0.15) is 18.1 Å². The lowest BCUT2D eigenvalue weighted by atomic mass is 9.82. The highest BCUT2D eigenvalue weighted by molar-refractivity contribution is 7.10. The van der Waals surface area contributed by atoms with Gasteiger partial charge in [0, 0.05) is 71.9 Å². The first kappa shape index (κ1) is 99.7. The molecule has 0 radical (unpaired) electrons. The van der Waals surface area contributed by atoms with Crippen LogP contribution in [0, 0.1) is 58.7 Å². The number of nitrogens with zero attached hydrogens (tertiary/aromatic N) is 10. The van der Waals surface area contributed by atoms with E-state index in [1.165, 1.54) is 41.8 Å². The molecule has 2 N–H and O–H groups in total. The molecule has 5 heterocycles. The Balaban J connectivity index is 0.000000780. The van der Waals surface area contributed by atoms with Crippen molar-refractivity contribution in [3.8, 4) is 5.75 Å². The maximum absolute atomic E-state index is 14.4. The zero-order valence-corrected chi connectivity index (χ0v) is 67.8. The maximum atomic E-state index is 14.4. The van der Waals surface area contributed by atoms with Crippen LogP contribution in [0.5, 0.6) is 5.75 Å². The zero-order chi connectivity index (χ0) is 81.8. The van der Waals surface area contributed by atoms with Crippen molar-refractivity contribution in [3.05, 3.63) is 71.7 Å². The normalized spacial score (nSPS) is 18.0. The van der Waals surface area contributed by atoms with E-state index in [-0.39, 0.29) is 141 Å². The number of thiazole rings is 2. The number of aromatic nitrogens is 2. The Morgan fingerprint density at radius 2 is 0.982 bits per heavy atom. The molecule has 0 aliphatic carbocycles. The first-order valence-electron chi connectivity index (χ1n) is 37.2. The lowest BCUT2D eigenvalue weighted by Crippen LogP contribution is -2.50. The van der Waals surface area contributed by atoms with Crippen LogP contribution < -0.4 is 4.74 Å². The van der Waals surface area contributed by atoms with Gasteiger partial charge in [0.25, 0.3) is 0 Å². The van der Waals surface area contributed by atoms with Gasteiger partial charge in [0.2, 0.25) is 46.6 Å². The summed E-state index contributed by atoms with van der Waals surface area (Å²) in [5, 5.41) is 24.3. The number of hydrogen-bond donors (Lipinski definition) is 2. The summed E-state index contributed by atoms with van der Waals surface area (Å²) < 4.78 is 90.8. The standard InChI is InChI=1S/C31H51N3O6S.C23H37N5O5S.C13H12F5NO2.C7H13NO2.CH4O.CH4/c1-9-13-28(36)40-19-34(26(20(3)4)16-22(6)29-32-24(18-41-29)31(38)39-8)30(37)23(21(5)10-2)17-27(35)25-14-11-12-15-33(25)7;1-8-10-19(29)33-13-28(22(30)20(26-27-24)15(5)9-2)18(14(3)4)11-16(6)21-25-17(12-34-21)23(31)32-7;1-19-5-3-2-4-6(19)13(20)21-12-10(17)8(15)7(14)9(16)11(12)18;1-8-5-3-2-4-6(8)7(9)10;1-2;/h18,20-23,25-26H,9-17,19H2,1-8H3;12,14-16,18,20H,8-11,13H2,1-7H3;6H,2-5H2,1H3;6H,2-5H2,1H3,(H,9,10);2H,1H3;1H4/t21-,22+,23-,25?,26+;15-,16+,18+,20?;;;;/m00..../s1. The number of carboxylic acid groups (broad SMARTS) is 1. The van der Waals surface area contributed by atoms with Gasteiger partial charge in [-0.05, 0) is 134 Å². The van der Waals surface area contributed by atoms with Gasteiger partial charge in [-0.15, -0.1) is 22.7 Å². The van der Waals surface area contributed by atoms with Crippen LogP contribution in [0.1, 0.15) is 249 Å². The first-order chi connectivity index (χ1) is 51.1. The number of esters is 5. The van der Waals surface area contributed by atoms with Crippen molar-refractivity contribution in [2.45, 2.75) is 254 Å². The van der Waals surface area contributed by atoms with Gasteiger partial charge in [-0.1, -0.05) is 128 Å². The zero-order valence-electron chi connectivity index (χ0n) is 66.2. The predicted octanol–water partition coefficient (Wildman–Crippen LogP) is 14.6. The number of likely N-dealkylation sites (N-methyl/N-ethyl adjacent to an activating group) is 3. The van der Waals surface area contributed by atoms with Crippen LogP contribution in [0.2, 0.25) is 0 Å². The van der Waals surface area contributed by atoms with E-state index < -0.39 is 76.7 Å². The molecule has 618 valence electrons. The summed E-state index contributed by atoms with van der Waals surface area (Å²) in [6.45, 7) is 25.7. The van der Waals surface area contributed by atoms with Crippen molar-refractivity contribution in [3.63, 3.8) is 0 Å². The largest absolute Gasteiger partial charge is 0.480 e. The molecule has 11 atom stereocenters. The van der Waals surface area contributed by atoms with Gasteiger partial charge in [-0.25, -0.2) is 37.5 Å². The van der Waals surface area contributed by atoms with Gasteiger partial charge in [0.15, 0.2) is 30.6 Å². The van der Waals surface area contributed by atoms with Crippen LogP contribution in [-0.2, 0) is 52.5 Å². The number of benzene rings is 1. The van der Waals surface area contributed by atoms with E-state index in [0.717, 1.165) is 81.6 Å². The van der Waals surface area contributed by atoms with Crippen molar-refractivity contribution in [2.24, 2.45) is 34.7 Å². The molecule has 4 unspecified atom stereocenters. The van der Waals surface area contributed by atoms with Crippen LogP contribution >= 0.6 is 22.7 Å². The van der Waals surface area contributed by atoms with Crippen molar-refractivity contribution >= 4 is 76.1 Å². The molecule has 109 heavy (non-hydrogen) atoms. The number of azide groups is 1. The number of hydrogen-bond acceptors (Lipinski definition) is 23. The second kappa shape index (κ2) is 51.3. The summed E-state index contributed by atoms with van der Waals surface area (Å²) in [5.74, 6) is -17.1. The lowest BCUT2D eigenvalue weighted by Gasteiger charge is -2.39. The van der Waals surface area contributed by atoms with Gasteiger partial charge < -0.3 is 43.7 Å². The number of carbonyl (C=O) groups excluding carboxylic acids is 8. The average Bonchev–Trinajstić information content (AvgIpc) is 0.954. The molecule has 2 amide bonds. The molecule has 3 fully saturated rings. The minimum atomic E-state index is -2.29. The molecule has 0 spiro atoms. The third-order valence-electron chi connectivity index (χ3n) is 19.7. The molecule has 0 saturated carbocycles. The summed E-state index contributed by atoms with van der Waals surface area (Å²) in [6, 6.07) is -2.64. The predicted molar refractivity (Wildman–Crippen MR) is 406 cm³/mol. The Hall–Kier alpha value is -7.29. The van der Waals surface area contributed by atoms with Gasteiger partial charge >= 0.3 is 35.8 Å². The monoisotopic (exact) mass is 1590 g/mol. The van der Waals surface area contributed by atoms with Crippen LogP contribution in [-0.4, -0.2) is 210 Å².